The summed E-state index contributed by atoms with van der Waals surface area (Å²) < 4.78 is 1.53. The highest BCUT2D eigenvalue weighted by Gasteiger charge is 2.42. The standard InChI is InChI=1S/C17H23N5O4/c1-10-16(12(3)23)11(2)22(18-10)9-14(24)20-5-6-21-13(7-20)17(26)19(4)8-15(21)25/h13H,5-9H2,1-4H3/t13-/m1/s1. The molecule has 2 saturated heterocycles. The molecule has 0 unspecified atom stereocenters. The van der Waals surface area contributed by atoms with E-state index in [1.165, 1.54) is 16.5 Å². The molecule has 3 heterocycles. The van der Waals surface area contributed by atoms with Crippen LogP contribution >= 0.6 is 0 Å². The third-order valence-electron chi connectivity index (χ3n) is 5.11. The number of hydrogen-bond donors (Lipinski definition) is 0. The molecule has 0 saturated carbocycles. The van der Waals surface area contributed by atoms with Crippen molar-refractivity contribution in [3.8, 4) is 0 Å². The predicted molar refractivity (Wildman–Crippen MR) is 91.4 cm³/mol. The summed E-state index contributed by atoms with van der Waals surface area (Å²) in [6, 6.07) is -0.618. The predicted octanol–water partition coefficient (Wildman–Crippen LogP) is -0.786. The van der Waals surface area contributed by atoms with Gasteiger partial charge in [0.25, 0.3) is 0 Å². The first-order chi connectivity index (χ1) is 12.2. The van der Waals surface area contributed by atoms with E-state index in [1.54, 1.807) is 30.7 Å². The van der Waals surface area contributed by atoms with Gasteiger partial charge < -0.3 is 14.7 Å². The Bertz CT molecular complexity index is 799. The van der Waals surface area contributed by atoms with Crippen molar-refractivity contribution in [1.82, 2.24) is 24.5 Å². The monoisotopic (exact) mass is 361 g/mol. The van der Waals surface area contributed by atoms with E-state index < -0.39 is 6.04 Å². The van der Waals surface area contributed by atoms with E-state index in [4.69, 9.17) is 0 Å². The van der Waals surface area contributed by atoms with E-state index in [0.717, 1.165) is 0 Å². The van der Waals surface area contributed by atoms with Gasteiger partial charge in [0, 0.05) is 25.8 Å². The molecule has 9 heteroatoms. The number of aromatic nitrogens is 2. The van der Waals surface area contributed by atoms with Gasteiger partial charge in [-0.3, -0.25) is 23.9 Å². The number of fused-ring (bicyclic) bond motifs is 1. The Morgan fingerprint density at radius 3 is 2.50 bits per heavy atom. The van der Waals surface area contributed by atoms with Gasteiger partial charge in [0.2, 0.25) is 17.7 Å². The van der Waals surface area contributed by atoms with Crippen molar-refractivity contribution in [2.75, 3.05) is 33.2 Å². The quantitative estimate of drug-likeness (QED) is 0.658. The molecule has 0 aromatic carbocycles. The van der Waals surface area contributed by atoms with Crippen LogP contribution in [0.2, 0.25) is 0 Å². The Hall–Kier alpha value is -2.71. The fourth-order valence-electron chi connectivity index (χ4n) is 3.73. The lowest BCUT2D eigenvalue weighted by atomic mass is 10.1. The molecule has 9 nitrogen and oxygen atoms in total. The number of Topliss-reactive ketones (excluding diaryl/α,β-unsaturated/α-hetero) is 1. The molecule has 1 aromatic rings. The lowest BCUT2D eigenvalue weighted by Crippen LogP contribution is -2.66. The Balaban J connectivity index is 1.74. The van der Waals surface area contributed by atoms with Gasteiger partial charge in [0.1, 0.15) is 12.6 Å². The van der Waals surface area contributed by atoms with Crippen LogP contribution in [0, 0.1) is 13.8 Å². The molecule has 3 rings (SSSR count). The molecule has 0 radical (unpaired) electrons. The van der Waals surface area contributed by atoms with Crippen LogP contribution in [0.1, 0.15) is 28.7 Å². The van der Waals surface area contributed by atoms with Crippen molar-refractivity contribution >= 4 is 23.5 Å². The third kappa shape index (κ3) is 2.97. The van der Waals surface area contributed by atoms with Gasteiger partial charge in [0.05, 0.1) is 24.3 Å². The second kappa shape index (κ2) is 6.54. The number of hydrogen-bond acceptors (Lipinski definition) is 5. The first-order valence-electron chi connectivity index (χ1n) is 8.58. The van der Waals surface area contributed by atoms with Crippen LogP contribution < -0.4 is 0 Å². The molecule has 0 N–H and O–H groups in total. The van der Waals surface area contributed by atoms with Gasteiger partial charge in [-0.05, 0) is 20.8 Å². The summed E-state index contributed by atoms with van der Waals surface area (Å²) in [7, 11) is 1.59. The Labute approximate surface area is 151 Å². The fourth-order valence-corrected chi connectivity index (χ4v) is 3.73. The van der Waals surface area contributed by atoms with Crippen molar-refractivity contribution in [3.05, 3.63) is 17.0 Å². The van der Waals surface area contributed by atoms with Crippen LogP contribution in [0.15, 0.2) is 0 Å². The summed E-state index contributed by atoms with van der Waals surface area (Å²) in [6.07, 6.45) is 0. The Morgan fingerprint density at radius 1 is 1.19 bits per heavy atom. The summed E-state index contributed by atoms with van der Waals surface area (Å²) in [5.74, 6) is -0.499. The summed E-state index contributed by atoms with van der Waals surface area (Å²) in [5, 5.41) is 4.30. The zero-order valence-electron chi connectivity index (χ0n) is 15.5. The molecule has 1 atom stereocenters. The van der Waals surface area contributed by atoms with E-state index in [-0.39, 0.29) is 43.1 Å². The molecular formula is C17H23N5O4. The van der Waals surface area contributed by atoms with E-state index in [2.05, 4.69) is 5.10 Å². The van der Waals surface area contributed by atoms with Gasteiger partial charge in [0.15, 0.2) is 5.78 Å². The van der Waals surface area contributed by atoms with Gasteiger partial charge in [-0.2, -0.15) is 5.10 Å². The number of aryl methyl sites for hydroxylation is 1. The summed E-state index contributed by atoms with van der Waals surface area (Å²) in [4.78, 5) is 53.4. The van der Waals surface area contributed by atoms with Crippen LogP contribution in [0.5, 0.6) is 0 Å². The molecule has 2 aliphatic rings. The largest absolute Gasteiger partial charge is 0.337 e. The van der Waals surface area contributed by atoms with Crippen molar-refractivity contribution < 1.29 is 19.2 Å². The van der Waals surface area contributed by atoms with Crippen molar-refractivity contribution in [2.45, 2.75) is 33.4 Å². The minimum absolute atomic E-state index is 0.00461. The van der Waals surface area contributed by atoms with E-state index in [1.807, 2.05) is 0 Å². The van der Waals surface area contributed by atoms with Gasteiger partial charge >= 0.3 is 0 Å². The molecule has 0 bridgehead atoms. The summed E-state index contributed by atoms with van der Waals surface area (Å²) in [6.45, 7) is 6.00. The fraction of sp³-hybridized carbons (Fsp3) is 0.588. The number of amides is 3. The molecular weight excluding hydrogens is 338 g/mol. The molecule has 0 aliphatic carbocycles. The highest BCUT2D eigenvalue weighted by molar-refractivity contribution is 5.96. The first kappa shape index (κ1) is 18.1. The topological polar surface area (TPSA) is 95.8 Å². The van der Waals surface area contributed by atoms with Gasteiger partial charge in [-0.1, -0.05) is 0 Å². The van der Waals surface area contributed by atoms with E-state index in [0.29, 0.717) is 30.0 Å². The SMILES string of the molecule is CC(=O)c1c(C)nn(CC(=O)N2CCN3C(=O)CN(C)C(=O)[C@H]3C2)c1C. The van der Waals surface area contributed by atoms with Gasteiger partial charge in [-0.15, -0.1) is 0 Å². The molecule has 2 fully saturated rings. The minimum atomic E-state index is -0.618. The molecule has 0 spiro atoms. The van der Waals surface area contributed by atoms with Crippen molar-refractivity contribution in [3.63, 3.8) is 0 Å². The number of nitrogens with zero attached hydrogens (tertiary/aromatic N) is 5. The number of likely N-dealkylation sites (N-methyl/N-ethyl adjacent to an activating group) is 1. The molecule has 140 valence electrons. The average Bonchev–Trinajstić information content (AvgIpc) is 2.86. The van der Waals surface area contributed by atoms with E-state index >= 15 is 0 Å². The molecule has 2 aliphatic heterocycles. The zero-order chi connectivity index (χ0) is 19.2. The lowest BCUT2D eigenvalue weighted by molar-refractivity contribution is -0.160. The van der Waals surface area contributed by atoms with Crippen LogP contribution in [0.25, 0.3) is 0 Å². The average molecular weight is 361 g/mol. The van der Waals surface area contributed by atoms with Crippen molar-refractivity contribution in [1.29, 1.82) is 0 Å². The molecule has 26 heavy (non-hydrogen) atoms. The second-order valence-corrected chi connectivity index (χ2v) is 6.90. The van der Waals surface area contributed by atoms with Crippen molar-refractivity contribution in [2.24, 2.45) is 0 Å². The van der Waals surface area contributed by atoms with Crippen LogP contribution in [0.4, 0.5) is 0 Å². The number of rotatable bonds is 3. The van der Waals surface area contributed by atoms with Crippen LogP contribution in [-0.4, -0.2) is 87.3 Å². The number of piperazine rings is 2. The number of carbonyl (C=O) groups excluding carboxylic acids is 4. The number of carbonyl (C=O) groups is 4. The third-order valence-corrected chi connectivity index (χ3v) is 5.11. The maximum atomic E-state index is 12.7. The van der Waals surface area contributed by atoms with Crippen LogP contribution in [-0.2, 0) is 20.9 Å². The second-order valence-electron chi connectivity index (χ2n) is 6.90. The van der Waals surface area contributed by atoms with Gasteiger partial charge in [-0.25, -0.2) is 0 Å². The maximum absolute atomic E-state index is 12.7. The lowest BCUT2D eigenvalue weighted by Gasteiger charge is -2.45. The Morgan fingerprint density at radius 2 is 1.88 bits per heavy atom. The highest BCUT2D eigenvalue weighted by Crippen LogP contribution is 2.18. The normalized spacial score (nSPS) is 20.5. The van der Waals surface area contributed by atoms with E-state index in [9.17, 15) is 19.2 Å². The molecule has 1 aromatic heterocycles. The minimum Gasteiger partial charge on any atom is -0.337 e. The summed E-state index contributed by atoms with van der Waals surface area (Å²) >= 11 is 0. The first-order valence-corrected chi connectivity index (χ1v) is 8.58. The smallest absolute Gasteiger partial charge is 0.247 e. The zero-order valence-corrected chi connectivity index (χ0v) is 15.5. The number of ketones is 1. The Kier molecular flexibility index (Phi) is 4.55. The van der Waals surface area contributed by atoms with Crippen LogP contribution in [0.3, 0.4) is 0 Å². The summed E-state index contributed by atoms with van der Waals surface area (Å²) in [5.41, 5.74) is 1.80. The maximum Gasteiger partial charge on any atom is 0.247 e. The molecule has 3 amide bonds. The highest BCUT2D eigenvalue weighted by atomic mass is 16.2.